The highest BCUT2D eigenvalue weighted by molar-refractivity contribution is 5.79. The molecule has 1 atom stereocenters. The maximum atomic E-state index is 5.51. The van der Waals surface area contributed by atoms with Gasteiger partial charge >= 0.3 is 0 Å². The van der Waals surface area contributed by atoms with E-state index in [-0.39, 0.29) is 6.04 Å². The quantitative estimate of drug-likeness (QED) is 0.392. The molecule has 1 rings (SSSR count). The molecule has 0 saturated heterocycles. The van der Waals surface area contributed by atoms with Crippen LogP contribution in [0.15, 0.2) is 27.8 Å². The van der Waals surface area contributed by atoms with Gasteiger partial charge in [0.2, 0.25) is 0 Å². The van der Waals surface area contributed by atoms with Gasteiger partial charge in [-0.15, -0.1) is 0 Å². The third-order valence-corrected chi connectivity index (χ3v) is 3.22. The Morgan fingerprint density at radius 1 is 1.36 bits per heavy atom. The van der Waals surface area contributed by atoms with Crippen LogP contribution in [0.1, 0.15) is 32.1 Å². The van der Waals surface area contributed by atoms with E-state index in [0.29, 0.717) is 6.54 Å². The van der Waals surface area contributed by atoms with E-state index in [0.717, 1.165) is 44.4 Å². The van der Waals surface area contributed by atoms with E-state index < -0.39 is 0 Å². The fourth-order valence-electron chi connectivity index (χ4n) is 2.03. The van der Waals surface area contributed by atoms with Crippen LogP contribution in [0.2, 0.25) is 0 Å². The maximum Gasteiger partial charge on any atom is 0.191 e. The summed E-state index contributed by atoms with van der Waals surface area (Å²) in [5.74, 6) is 1.76. The van der Waals surface area contributed by atoms with Crippen molar-refractivity contribution in [2.24, 2.45) is 4.99 Å². The number of rotatable bonds is 10. The molecule has 6 nitrogen and oxygen atoms in total. The highest BCUT2D eigenvalue weighted by Crippen LogP contribution is 2.18. The number of hydrogen-bond donors (Lipinski definition) is 2. The van der Waals surface area contributed by atoms with Crippen LogP contribution < -0.4 is 10.6 Å². The van der Waals surface area contributed by atoms with E-state index in [9.17, 15) is 0 Å². The van der Waals surface area contributed by atoms with Crippen LogP contribution in [0.25, 0.3) is 0 Å². The molecule has 0 aliphatic carbocycles. The van der Waals surface area contributed by atoms with Gasteiger partial charge in [0, 0.05) is 26.3 Å². The number of furan rings is 1. The summed E-state index contributed by atoms with van der Waals surface area (Å²) in [6, 6.07) is 4.03. The SMILES string of the molecule is CCNC(=NCC(c1ccco1)N(C)C)NCCCOCC. The summed E-state index contributed by atoms with van der Waals surface area (Å²) in [6.45, 7) is 7.94. The molecule has 0 radical (unpaired) electrons. The molecule has 1 heterocycles. The lowest BCUT2D eigenvalue weighted by molar-refractivity contribution is 0.145. The molecule has 1 aromatic rings. The number of nitrogens with one attached hydrogen (secondary N) is 2. The molecule has 0 aliphatic heterocycles. The lowest BCUT2D eigenvalue weighted by Crippen LogP contribution is -2.38. The number of hydrogen-bond acceptors (Lipinski definition) is 4. The van der Waals surface area contributed by atoms with Gasteiger partial charge in [0.1, 0.15) is 5.76 Å². The number of aliphatic imine (C=N–C) groups is 1. The molecule has 0 aromatic carbocycles. The van der Waals surface area contributed by atoms with Crippen molar-refractivity contribution in [3.05, 3.63) is 24.2 Å². The molecule has 0 saturated carbocycles. The zero-order valence-corrected chi connectivity index (χ0v) is 14.3. The van der Waals surface area contributed by atoms with Crippen molar-refractivity contribution in [1.82, 2.24) is 15.5 Å². The summed E-state index contributed by atoms with van der Waals surface area (Å²) in [5, 5.41) is 6.59. The van der Waals surface area contributed by atoms with Gasteiger partial charge in [-0.05, 0) is 46.5 Å². The second-order valence-corrected chi connectivity index (χ2v) is 5.19. The third kappa shape index (κ3) is 6.95. The minimum atomic E-state index is 0.133. The number of ether oxygens (including phenoxy) is 1. The average molecular weight is 310 g/mol. The van der Waals surface area contributed by atoms with E-state index in [1.165, 1.54) is 0 Å². The fourth-order valence-corrected chi connectivity index (χ4v) is 2.03. The van der Waals surface area contributed by atoms with Crippen LogP contribution in [0.3, 0.4) is 0 Å². The number of nitrogens with zero attached hydrogens (tertiary/aromatic N) is 2. The molecular weight excluding hydrogens is 280 g/mol. The highest BCUT2D eigenvalue weighted by Gasteiger charge is 2.16. The van der Waals surface area contributed by atoms with Crippen LogP contribution in [-0.2, 0) is 4.74 Å². The van der Waals surface area contributed by atoms with E-state index in [2.05, 4.69) is 27.4 Å². The first kappa shape index (κ1) is 18.5. The van der Waals surface area contributed by atoms with E-state index >= 15 is 0 Å². The molecule has 126 valence electrons. The molecule has 6 heteroatoms. The summed E-state index contributed by atoms with van der Waals surface area (Å²) < 4.78 is 10.8. The van der Waals surface area contributed by atoms with Crippen LogP contribution in [0, 0.1) is 0 Å². The van der Waals surface area contributed by atoms with Gasteiger partial charge in [0.15, 0.2) is 5.96 Å². The zero-order chi connectivity index (χ0) is 16.2. The zero-order valence-electron chi connectivity index (χ0n) is 14.3. The monoisotopic (exact) mass is 310 g/mol. The van der Waals surface area contributed by atoms with Gasteiger partial charge < -0.3 is 19.8 Å². The van der Waals surface area contributed by atoms with Gasteiger partial charge in [-0.3, -0.25) is 9.89 Å². The van der Waals surface area contributed by atoms with Crippen molar-refractivity contribution in [1.29, 1.82) is 0 Å². The van der Waals surface area contributed by atoms with Crippen molar-refractivity contribution < 1.29 is 9.15 Å². The Balaban J connectivity index is 2.51. The minimum Gasteiger partial charge on any atom is -0.468 e. The van der Waals surface area contributed by atoms with Crippen LogP contribution in [0.4, 0.5) is 0 Å². The Kier molecular flexibility index (Phi) is 9.34. The molecule has 1 unspecified atom stereocenters. The van der Waals surface area contributed by atoms with Crippen LogP contribution >= 0.6 is 0 Å². The van der Waals surface area contributed by atoms with Crippen molar-refractivity contribution in [2.45, 2.75) is 26.3 Å². The third-order valence-electron chi connectivity index (χ3n) is 3.22. The van der Waals surface area contributed by atoms with Gasteiger partial charge in [0.25, 0.3) is 0 Å². The lowest BCUT2D eigenvalue weighted by Gasteiger charge is -2.21. The normalized spacial score (nSPS) is 13.4. The molecule has 22 heavy (non-hydrogen) atoms. The average Bonchev–Trinajstić information content (AvgIpc) is 3.00. The predicted octanol–water partition coefficient (Wildman–Crippen LogP) is 1.86. The first-order valence-corrected chi connectivity index (χ1v) is 7.98. The predicted molar refractivity (Wildman–Crippen MR) is 90.2 cm³/mol. The van der Waals surface area contributed by atoms with Gasteiger partial charge in [-0.25, -0.2) is 0 Å². The van der Waals surface area contributed by atoms with Gasteiger partial charge in [-0.1, -0.05) is 0 Å². The first-order valence-electron chi connectivity index (χ1n) is 7.98. The number of likely N-dealkylation sites (N-methyl/N-ethyl adjacent to an activating group) is 1. The Bertz CT molecular complexity index is 404. The van der Waals surface area contributed by atoms with Gasteiger partial charge in [-0.2, -0.15) is 0 Å². The summed E-state index contributed by atoms with van der Waals surface area (Å²) in [6.07, 6.45) is 2.67. The number of guanidine groups is 1. The van der Waals surface area contributed by atoms with E-state index in [1.54, 1.807) is 6.26 Å². The topological polar surface area (TPSA) is 62.0 Å². The Morgan fingerprint density at radius 3 is 2.77 bits per heavy atom. The lowest BCUT2D eigenvalue weighted by atomic mass is 10.2. The summed E-state index contributed by atoms with van der Waals surface area (Å²) in [5.41, 5.74) is 0. The molecule has 0 bridgehead atoms. The molecule has 0 amide bonds. The molecular formula is C16H30N4O2. The Morgan fingerprint density at radius 2 is 2.18 bits per heavy atom. The van der Waals surface area contributed by atoms with E-state index in [1.807, 2.05) is 33.2 Å². The van der Waals surface area contributed by atoms with E-state index in [4.69, 9.17) is 9.15 Å². The molecule has 0 spiro atoms. The highest BCUT2D eigenvalue weighted by atomic mass is 16.5. The minimum absolute atomic E-state index is 0.133. The summed E-state index contributed by atoms with van der Waals surface area (Å²) in [4.78, 5) is 6.77. The first-order chi connectivity index (χ1) is 10.7. The summed E-state index contributed by atoms with van der Waals surface area (Å²) in [7, 11) is 4.07. The Hall–Kier alpha value is -1.53. The standard InChI is InChI=1S/C16H30N4O2/c1-5-17-16(18-10-8-11-21-6-2)19-13-14(20(3)4)15-9-7-12-22-15/h7,9,12,14H,5-6,8,10-11,13H2,1-4H3,(H2,17,18,19). The van der Waals surface area contributed by atoms with Crippen LogP contribution in [-0.4, -0.2) is 57.8 Å². The second kappa shape index (κ2) is 11.1. The molecule has 0 aliphatic rings. The molecule has 1 aromatic heterocycles. The largest absolute Gasteiger partial charge is 0.468 e. The summed E-state index contributed by atoms with van der Waals surface area (Å²) >= 11 is 0. The van der Waals surface area contributed by atoms with Crippen molar-refractivity contribution in [2.75, 3.05) is 46.9 Å². The fraction of sp³-hybridized carbons (Fsp3) is 0.688. The molecule has 2 N–H and O–H groups in total. The smallest absolute Gasteiger partial charge is 0.191 e. The van der Waals surface area contributed by atoms with Crippen molar-refractivity contribution in [3.63, 3.8) is 0 Å². The van der Waals surface area contributed by atoms with Crippen LogP contribution in [0.5, 0.6) is 0 Å². The molecule has 0 fully saturated rings. The Labute approximate surface area is 133 Å². The second-order valence-electron chi connectivity index (χ2n) is 5.19. The van der Waals surface area contributed by atoms with Gasteiger partial charge in [0.05, 0.1) is 18.8 Å². The van der Waals surface area contributed by atoms with Crippen molar-refractivity contribution in [3.8, 4) is 0 Å². The van der Waals surface area contributed by atoms with Crippen molar-refractivity contribution >= 4 is 5.96 Å². The maximum absolute atomic E-state index is 5.51.